The minimum atomic E-state index is 0.753. The Morgan fingerprint density at radius 1 is 0.500 bits per heavy atom. The third-order valence-electron chi connectivity index (χ3n) is 5.08. The molecule has 0 saturated carbocycles. The summed E-state index contributed by atoms with van der Waals surface area (Å²) >= 11 is 0. The summed E-state index contributed by atoms with van der Waals surface area (Å²) in [5, 5.41) is 0. The lowest BCUT2D eigenvalue weighted by Crippen LogP contribution is -1.91. The average molecular weight is 493 g/mol. The van der Waals surface area contributed by atoms with Crippen LogP contribution in [0.3, 0.4) is 0 Å². The van der Waals surface area contributed by atoms with Crippen LogP contribution in [0.5, 0.6) is 23.0 Å². The topological polar surface area (TPSA) is 62.7 Å². The number of pyridine rings is 2. The highest BCUT2D eigenvalue weighted by Gasteiger charge is 2.15. The molecule has 4 aromatic rings. The van der Waals surface area contributed by atoms with Gasteiger partial charge in [0, 0.05) is 45.4 Å². The van der Waals surface area contributed by atoms with Crippen LogP contribution in [0, 0.1) is 0 Å². The zero-order valence-corrected chi connectivity index (χ0v) is 20.9. The molecule has 0 aliphatic heterocycles. The molecule has 2 heterocycles. The summed E-state index contributed by atoms with van der Waals surface area (Å²) < 4.78 is 21.8. The molecule has 4 rings (SSSR count). The van der Waals surface area contributed by atoms with Crippen molar-refractivity contribution in [2.45, 2.75) is 9.79 Å². The van der Waals surface area contributed by atoms with Gasteiger partial charge in [-0.3, -0.25) is 9.97 Å². The zero-order chi connectivity index (χ0) is 23.9. The van der Waals surface area contributed by atoms with Crippen LogP contribution in [-0.2, 0) is 0 Å². The van der Waals surface area contributed by atoms with Gasteiger partial charge in [0.25, 0.3) is 0 Å². The summed E-state index contributed by atoms with van der Waals surface area (Å²) in [6, 6.07) is 19.4. The third-order valence-corrected chi connectivity index (χ3v) is 7.53. The van der Waals surface area contributed by atoms with Gasteiger partial charge in [-0.25, -0.2) is 0 Å². The fourth-order valence-electron chi connectivity index (χ4n) is 3.28. The Hall–Kier alpha value is -3.36. The van der Waals surface area contributed by atoms with Gasteiger partial charge in [0.05, 0.1) is 39.8 Å². The molecule has 0 aliphatic carbocycles. The van der Waals surface area contributed by atoms with E-state index in [2.05, 4.69) is 9.97 Å². The first-order chi connectivity index (χ1) is 16.6. The molecule has 0 N–H and O–H groups in total. The van der Waals surface area contributed by atoms with E-state index in [1.807, 2.05) is 60.7 Å². The predicted molar refractivity (Wildman–Crippen MR) is 137 cm³/mol. The van der Waals surface area contributed by atoms with Crippen molar-refractivity contribution in [2.75, 3.05) is 28.4 Å². The molecule has 0 amide bonds. The Labute approximate surface area is 207 Å². The minimum Gasteiger partial charge on any atom is -0.497 e. The van der Waals surface area contributed by atoms with Gasteiger partial charge in [-0.05, 0) is 48.5 Å². The van der Waals surface area contributed by atoms with E-state index in [0.29, 0.717) is 0 Å². The van der Waals surface area contributed by atoms with Gasteiger partial charge in [0.1, 0.15) is 23.0 Å². The lowest BCUT2D eigenvalue weighted by atomic mass is 10.1. The van der Waals surface area contributed by atoms with Gasteiger partial charge in [0.15, 0.2) is 0 Å². The molecular formula is C26H24N2O4S2. The second-order valence-corrected chi connectivity index (χ2v) is 9.27. The van der Waals surface area contributed by atoms with Crippen LogP contribution in [-0.4, -0.2) is 38.4 Å². The third kappa shape index (κ3) is 5.40. The normalized spacial score (nSPS) is 10.6. The second-order valence-electron chi connectivity index (χ2n) is 7.05. The van der Waals surface area contributed by atoms with Crippen LogP contribution in [0.2, 0.25) is 0 Å². The Kier molecular flexibility index (Phi) is 7.82. The number of hydrogen-bond acceptors (Lipinski definition) is 8. The van der Waals surface area contributed by atoms with Crippen molar-refractivity contribution in [3.8, 4) is 45.5 Å². The van der Waals surface area contributed by atoms with Crippen LogP contribution in [0.4, 0.5) is 0 Å². The maximum atomic E-state index is 5.49. The van der Waals surface area contributed by atoms with E-state index in [4.69, 9.17) is 18.9 Å². The number of aromatic nitrogens is 2. The van der Waals surface area contributed by atoms with Crippen molar-refractivity contribution in [3.63, 3.8) is 0 Å². The minimum absolute atomic E-state index is 0.753. The molecule has 0 fully saturated rings. The molecule has 0 unspecified atom stereocenters. The quantitative estimate of drug-likeness (QED) is 0.241. The van der Waals surface area contributed by atoms with Crippen LogP contribution < -0.4 is 18.9 Å². The number of ether oxygens (including phenoxy) is 4. The van der Waals surface area contributed by atoms with Crippen molar-refractivity contribution >= 4 is 21.6 Å². The van der Waals surface area contributed by atoms with Gasteiger partial charge in [-0.15, -0.1) is 0 Å². The first kappa shape index (κ1) is 23.8. The number of methoxy groups -OCH3 is 4. The van der Waals surface area contributed by atoms with E-state index in [-0.39, 0.29) is 0 Å². The lowest BCUT2D eigenvalue weighted by Gasteiger charge is -2.14. The molecule has 0 aliphatic rings. The van der Waals surface area contributed by atoms with Gasteiger partial charge in [-0.2, -0.15) is 0 Å². The number of benzene rings is 2. The molecule has 0 radical (unpaired) electrons. The largest absolute Gasteiger partial charge is 0.497 e. The van der Waals surface area contributed by atoms with Gasteiger partial charge in [-0.1, -0.05) is 21.6 Å². The molecule has 174 valence electrons. The maximum Gasteiger partial charge on any atom is 0.122 e. The molecule has 8 heteroatoms. The van der Waals surface area contributed by atoms with Crippen molar-refractivity contribution < 1.29 is 18.9 Å². The van der Waals surface area contributed by atoms with Crippen molar-refractivity contribution in [3.05, 3.63) is 73.1 Å². The first-order valence-corrected chi connectivity index (χ1v) is 12.5. The highest BCUT2D eigenvalue weighted by atomic mass is 33.1. The summed E-state index contributed by atoms with van der Waals surface area (Å²) in [6.07, 6.45) is 3.49. The molecule has 6 nitrogen and oxygen atoms in total. The van der Waals surface area contributed by atoms with Crippen molar-refractivity contribution in [2.24, 2.45) is 0 Å². The first-order valence-electron chi connectivity index (χ1n) is 10.4. The fraction of sp³-hybridized carbons (Fsp3) is 0.154. The van der Waals surface area contributed by atoms with Crippen LogP contribution in [0.25, 0.3) is 22.5 Å². The van der Waals surface area contributed by atoms with E-state index < -0.39 is 0 Å². The van der Waals surface area contributed by atoms with E-state index in [9.17, 15) is 0 Å². The molecule has 2 aromatic heterocycles. The van der Waals surface area contributed by atoms with E-state index in [1.165, 1.54) is 0 Å². The number of hydrogen-bond donors (Lipinski definition) is 0. The maximum absolute atomic E-state index is 5.49. The van der Waals surface area contributed by atoms with Gasteiger partial charge < -0.3 is 18.9 Å². The molecular weight excluding hydrogens is 468 g/mol. The summed E-state index contributed by atoms with van der Waals surface area (Å²) in [5.74, 6) is 3.05. The van der Waals surface area contributed by atoms with E-state index >= 15 is 0 Å². The number of rotatable bonds is 9. The summed E-state index contributed by atoms with van der Waals surface area (Å²) in [6.45, 7) is 0. The van der Waals surface area contributed by atoms with E-state index in [1.54, 1.807) is 62.4 Å². The Morgan fingerprint density at radius 2 is 0.882 bits per heavy atom. The smallest absolute Gasteiger partial charge is 0.122 e. The predicted octanol–water partition coefficient (Wildman–Crippen LogP) is 6.64. The van der Waals surface area contributed by atoms with Crippen LogP contribution in [0.1, 0.15) is 0 Å². The molecule has 34 heavy (non-hydrogen) atoms. The average Bonchev–Trinajstić information content (AvgIpc) is 2.91. The molecule has 0 spiro atoms. The van der Waals surface area contributed by atoms with Crippen molar-refractivity contribution in [1.82, 2.24) is 9.97 Å². The monoisotopic (exact) mass is 492 g/mol. The number of nitrogens with zero attached hydrogens (tertiary/aromatic N) is 2. The highest BCUT2D eigenvalue weighted by Crippen LogP contribution is 2.47. The Bertz CT molecular complexity index is 1180. The fourth-order valence-corrected chi connectivity index (χ4v) is 5.68. The summed E-state index contributed by atoms with van der Waals surface area (Å²) in [7, 11) is 9.85. The highest BCUT2D eigenvalue weighted by molar-refractivity contribution is 8.76. The molecule has 0 saturated heterocycles. The molecule has 2 aromatic carbocycles. The Morgan fingerprint density at radius 3 is 1.26 bits per heavy atom. The van der Waals surface area contributed by atoms with Gasteiger partial charge in [0.2, 0.25) is 0 Å². The zero-order valence-electron chi connectivity index (χ0n) is 19.3. The SMILES string of the molecule is COc1ccnc(-c2ccc(OC)cc2SSc2cc(OC)ccc2-c2cc(OC)ccn2)c1. The lowest BCUT2D eigenvalue weighted by molar-refractivity contribution is 0.413. The summed E-state index contributed by atoms with van der Waals surface area (Å²) in [4.78, 5) is 11.1. The summed E-state index contributed by atoms with van der Waals surface area (Å²) in [5.41, 5.74) is 3.62. The second kappa shape index (κ2) is 11.2. The standard InChI is InChI=1S/C26H24N2O4S2/c1-29-17-5-7-21(23-13-19(31-3)9-11-27-23)25(15-17)33-34-26-16-18(30-2)6-8-22(26)24-14-20(32-4)10-12-28-24/h5-16H,1-4H3. The van der Waals surface area contributed by atoms with Crippen LogP contribution >= 0.6 is 21.6 Å². The van der Waals surface area contributed by atoms with Crippen molar-refractivity contribution in [1.29, 1.82) is 0 Å². The molecule has 0 atom stereocenters. The van der Waals surface area contributed by atoms with E-state index in [0.717, 1.165) is 55.3 Å². The molecule has 0 bridgehead atoms. The van der Waals surface area contributed by atoms with Gasteiger partial charge >= 0.3 is 0 Å². The Balaban J connectivity index is 1.72. The van der Waals surface area contributed by atoms with Crippen LogP contribution in [0.15, 0.2) is 82.8 Å².